The van der Waals surface area contributed by atoms with Gasteiger partial charge in [0.2, 0.25) is 5.88 Å². The summed E-state index contributed by atoms with van der Waals surface area (Å²) >= 11 is 3.51. The van der Waals surface area contributed by atoms with E-state index < -0.39 is 0 Å². The second-order valence-corrected chi connectivity index (χ2v) is 5.78. The summed E-state index contributed by atoms with van der Waals surface area (Å²) in [6.45, 7) is 4.03. The zero-order chi connectivity index (χ0) is 14.7. The first kappa shape index (κ1) is 14.8. The molecule has 0 radical (unpaired) electrons. The first-order valence-corrected chi connectivity index (χ1v) is 7.44. The van der Waals surface area contributed by atoms with E-state index in [1.165, 1.54) is 0 Å². The molecule has 0 amide bonds. The lowest BCUT2D eigenvalue weighted by Crippen LogP contribution is -2.28. The van der Waals surface area contributed by atoms with Crippen molar-refractivity contribution in [2.75, 3.05) is 0 Å². The fourth-order valence-electron chi connectivity index (χ4n) is 2.00. The van der Waals surface area contributed by atoms with E-state index in [1.54, 1.807) is 11.5 Å². The summed E-state index contributed by atoms with van der Waals surface area (Å²) in [5.41, 5.74) is 1.10. The van der Waals surface area contributed by atoms with Crippen LogP contribution >= 0.6 is 15.9 Å². The molecule has 0 aliphatic rings. The lowest BCUT2D eigenvalue weighted by molar-refractivity contribution is 0.435. The number of halogens is 1. The average Bonchev–Trinajstić information content (AvgIpc) is 2.48. The molecule has 1 aromatic heterocycles. The smallest absolute Gasteiger partial charge is 0.260 e. The summed E-state index contributed by atoms with van der Waals surface area (Å²) in [6.07, 6.45) is 0.781. The Morgan fingerprint density at radius 3 is 2.60 bits per heavy atom. The minimum Gasteiger partial charge on any atom is -0.493 e. The van der Waals surface area contributed by atoms with Gasteiger partial charge in [0.25, 0.3) is 5.56 Å². The standard InChI is InChI=1S/C15H17BrN2O2/c1-3-12(16)13-17-14(19)10(2)15(20)18(13)9-11-7-5-4-6-8-11/h4-8,12,19H,3,9H2,1-2H3. The Bertz CT molecular complexity index is 653. The molecule has 0 fully saturated rings. The quantitative estimate of drug-likeness (QED) is 0.872. The second-order valence-electron chi connectivity index (χ2n) is 4.67. The fraction of sp³-hybridized carbons (Fsp3) is 0.333. The number of alkyl halides is 1. The first-order valence-electron chi connectivity index (χ1n) is 6.52. The van der Waals surface area contributed by atoms with E-state index in [0.29, 0.717) is 12.4 Å². The van der Waals surface area contributed by atoms with Gasteiger partial charge in [-0.1, -0.05) is 53.2 Å². The van der Waals surface area contributed by atoms with Crippen molar-refractivity contribution in [3.05, 3.63) is 57.6 Å². The molecule has 1 heterocycles. The van der Waals surface area contributed by atoms with Crippen LogP contribution in [-0.4, -0.2) is 14.7 Å². The molecule has 0 aliphatic carbocycles. The molecule has 0 saturated carbocycles. The lowest BCUT2D eigenvalue weighted by atomic mass is 10.2. The van der Waals surface area contributed by atoms with E-state index >= 15 is 0 Å². The van der Waals surface area contributed by atoms with Crippen molar-refractivity contribution in [3.8, 4) is 5.88 Å². The van der Waals surface area contributed by atoms with Crippen molar-refractivity contribution in [2.45, 2.75) is 31.6 Å². The molecule has 20 heavy (non-hydrogen) atoms. The van der Waals surface area contributed by atoms with E-state index in [1.807, 2.05) is 37.3 Å². The zero-order valence-corrected chi connectivity index (χ0v) is 13.1. The van der Waals surface area contributed by atoms with Crippen LogP contribution < -0.4 is 5.56 Å². The van der Waals surface area contributed by atoms with Gasteiger partial charge in [-0.2, -0.15) is 4.98 Å². The molecule has 4 nitrogen and oxygen atoms in total. The SMILES string of the molecule is CCC(Br)c1nc(O)c(C)c(=O)n1Cc1ccccc1. The molecular formula is C15H17BrN2O2. The molecule has 106 valence electrons. The molecule has 2 rings (SSSR count). The van der Waals surface area contributed by atoms with Crippen LogP contribution in [0.1, 0.15) is 35.1 Å². The van der Waals surface area contributed by atoms with E-state index in [4.69, 9.17) is 0 Å². The highest BCUT2D eigenvalue weighted by molar-refractivity contribution is 9.09. The Kier molecular flexibility index (Phi) is 4.60. The highest BCUT2D eigenvalue weighted by atomic mass is 79.9. The summed E-state index contributed by atoms with van der Waals surface area (Å²) in [6, 6.07) is 9.74. The van der Waals surface area contributed by atoms with Gasteiger partial charge in [0.15, 0.2) is 0 Å². The topological polar surface area (TPSA) is 55.1 Å². The summed E-state index contributed by atoms with van der Waals surface area (Å²) < 4.78 is 1.62. The number of hydrogen-bond acceptors (Lipinski definition) is 3. The highest BCUT2D eigenvalue weighted by Gasteiger charge is 2.18. The maximum Gasteiger partial charge on any atom is 0.260 e. The Labute approximate surface area is 126 Å². The second kappa shape index (κ2) is 6.22. The van der Waals surface area contributed by atoms with Crippen LogP contribution in [-0.2, 0) is 6.54 Å². The van der Waals surface area contributed by atoms with Gasteiger partial charge in [-0.3, -0.25) is 9.36 Å². The lowest BCUT2D eigenvalue weighted by Gasteiger charge is -2.16. The van der Waals surface area contributed by atoms with Gasteiger partial charge in [-0.05, 0) is 18.9 Å². The number of hydrogen-bond donors (Lipinski definition) is 1. The zero-order valence-electron chi connectivity index (χ0n) is 11.5. The van der Waals surface area contributed by atoms with Gasteiger partial charge in [-0.15, -0.1) is 0 Å². The van der Waals surface area contributed by atoms with E-state index in [9.17, 15) is 9.90 Å². The Morgan fingerprint density at radius 2 is 2.00 bits per heavy atom. The van der Waals surface area contributed by atoms with Crippen molar-refractivity contribution >= 4 is 15.9 Å². The summed E-state index contributed by atoms with van der Waals surface area (Å²) in [5.74, 6) is 0.372. The molecule has 0 spiro atoms. The van der Waals surface area contributed by atoms with Crippen molar-refractivity contribution in [2.24, 2.45) is 0 Å². The minimum atomic E-state index is -0.200. The van der Waals surface area contributed by atoms with Crippen LogP contribution in [0.3, 0.4) is 0 Å². The molecular weight excluding hydrogens is 320 g/mol. The average molecular weight is 337 g/mol. The molecule has 1 unspecified atom stereocenters. The van der Waals surface area contributed by atoms with Gasteiger partial charge in [-0.25, -0.2) is 0 Å². The van der Waals surface area contributed by atoms with Crippen molar-refractivity contribution in [1.82, 2.24) is 9.55 Å². The maximum absolute atomic E-state index is 12.4. The van der Waals surface area contributed by atoms with Crippen LogP contribution in [0.25, 0.3) is 0 Å². The van der Waals surface area contributed by atoms with Crippen LogP contribution in [0.4, 0.5) is 0 Å². The third-order valence-electron chi connectivity index (χ3n) is 3.22. The van der Waals surface area contributed by atoms with Gasteiger partial charge >= 0.3 is 0 Å². The predicted molar refractivity (Wildman–Crippen MR) is 82.4 cm³/mol. The maximum atomic E-state index is 12.4. The molecule has 0 bridgehead atoms. The van der Waals surface area contributed by atoms with Crippen LogP contribution in [0.15, 0.2) is 35.1 Å². The Balaban J connectivity index is 2.55. The van der Waals surface area contributed by atoms with Gasteiger partial charge in [0, 0.05) is 0 Å². The van der Waals surface area contributed by atoms with Crippen LogP contribution in [0.2, 0.25) is 0 Å². The first-order chi connectivity index (χ1) is 9.54. The summed E-state index contributed by atoms with van der Waals surface area (Å²) in [5, 5.41) is 9.77. The molecule has 0 saturated heterocycles. The van der Waals surface area contributed by atoms with E-state index in [2.05, 4.69) is 20.9 Å². The summed E-state index contributed by atoms with van der Waals surface area (Å²) in [7, 11) is 0. The van der Waals surface area contributed by atoms with Crippen LogP contribution in [0, 0.1) is 6.92 Å². The molecule has 1 aromatic carbocycles. The van der Waals surface area contributed by atoms with Gasteiger partial charge in [0.1, 0.15) is 5.82 Å². The minimum absolute atomic E-state index is 0.0644. The van der Waals surface area contributed by atoms with Crippen molar-refractivity contribution < 1.29 is 5.11 Å². The molecule has 1 N–H and O–H groups in total. The molecule has 5 heteroatoms. The van der Waals surface area contributed by atoms with E-state index in [-0.39, 0.29) is 21.8 Å². The Hall–Kier alpha value is -1.62. The number of aromatic hydroxyl groups is 1. The Morgan fingerprint density at radius 1 is 1.35 bits per heavy atom. The fourth-order valence-corrected chi connectivity index (χ4v) is 2.34. The number of nitrogens with zero attached hydrogens (tertiary/aromatic N) is 2. The molecule has 1 atom stereocenters. The van der Waals surface area contributed by atoms with E-state index in [0.717, 1.165) is 12.0 Å². The van der Waals surface area contributed by atoms with Gasteiger partial charge < -0.3 is 5.11 Å². The molecule has 0 aliphatic heterocycles. The highest BCUT2D eigenvalue weighted by Crippen LogP contribution is 2.26. The largest absolute Gasteiger partial charge is 0.493 e. The van der Waals surface area contributed by atoms with Gasteiger partial charge in [0.05, 0.1) is 16.9 Å². The number of rotatable bonds is 4. The third-order valence-corrected chi connectivity index (χ3v) is 4.28. The number of benzene rings is 1. The number of aromatic nitrogens is 2. The monoisotopic (exact) mass is 336 g/mol. The van der Waals surface area contributed by atoms with Crippen molar-refractivity contribution in [3.63, 3.8) is 0 Å². The normalized spacial score (nSPS) is 12.3. The van der Waals surface area contributed by atoms with Crippen LogP contribution in [0.5, 0.6) is 5.88 Å². The van der Waals surface area contributed by atoms with Crippen molar-refractivity contribution in [1.29, 1.82) is 0 Å². The predicted octanol–water partition coefficient (Wildman–Crippen LogP) is 3.15. The third kappa shape index (κ3) is 2.93. The molecule has 2 aromatic rings. The summed E-state index contributed by atoms with van der Waals surface area (Å²) in [4.78, 5) is 16.5.